The quantitative estimate of drug-likeness (QED) is 0.718. The van der Waals surface area contributed by atoms with Crippen molar-refractivity contribution in [3.05, 3.63) is 42.0 Å². The Labute approximate surface area is 159 Å². The molecule has 7 nitrogen and oxygen atoms in total. The van der Waals surface area contributed by atoms with Crippen LogP contribution in [0.4, 0.5) is 17.5 Å². The second-order valence-corrected chi connectivity index (χ2v) is 6.55. The Balaban J connectivity index is 1.95. The van der Waals surface area contributed by atoms with E-state index in [9.17, 15) is 0 Å². The minimum absolute atomic E-state index is 0.407. The highest BCUT2D eigenvalue weighted by molar-refractivity contribution is 5.91. The number of aromatic nitrogens is 2. The van der Waals surface area contributed by atoms with Crippen LogP contribution in [0, 0.1) is 0 Å². The van der Waals surface area contributed by atoms with Crippen LogP contribution in [-0.2, 0) is 6.54 Å². The lowest BCUT2D eigenvalue weighted by molar-refractivity contribution is 0.356. The third-order valence-corrected chi connectivity index (χ3v) is 4.41. The zero-order valence-electron chi connectivity index (χ0n) is 16.4. The molecule has 27 heavy (non-hydrogen) atoms. The van der Waals surface area contributed by atoms with Crippen LogP contribution in [0.2, 0.25) is 0 Å². The third-order valence-electron chi connectivity index (χ3n) is 4.41. The van der Waals surface area contributed by atoms with E-state index in [-0.39, 0.29) is 0 Å². The van der Waals surface area contributed by atoms with Crippen LogP contribution in [0.25, 0.3) is 10.9 Å². The summed E-state index contributed by atoms with van der Waals surface area (Å²) in [6.07, 6.45) is 0. The molecule has 0 spiro atoms. The van der Waals surface area contributed by atoms with Crippen molar-refractivity contribution in [2.24, 2.45) is 0 Å². The lowest BCUT2D eigenvalue weighted by Crippen LogP contribution is -2.20. The summed E-state index contributed by atoms with van der Waals surface area (Å²) in [5, 5.41) is 0.736. The summed E-state index contributed by atoms with van der Waals surface area (Å²) >= 11 is 0. The largest absolute Gasteiger partial charge is 0.493 e. The maximum atomic E-state index is 6.19. The van der Waals surface area contributed by atoms with E-state index in [0.29, 0.717) is 35.3 Å². The highest BCUT2D eigenvalue weighted by Gasteiger charge is 2.14. The molecule has 0 saturated carbocycles. The lowest BCUT2D eigenvalue weighted by Gasteiger charge is -2.20. The number of hydrogen-bond acceptors (Lipinski definition) is 7. The molecule has 0 saturated heterocycles. The topological polar surface area (TPSA) is 76.7 Å². The first-order chi connectivity index (χ1) is 12.9. The smallest absolute Gasteiger partial charge is 0.227 e. The summed E-state index contributed by atoms with van der Waals surface area (Å²) in [6.45, 7) is 0.667. The molecule has 7 heteroatoms. The average Bonchev–Trinajstić information content (AvgIpc) is 2.67. The van der Waals surface area contributed by atoms with Gasteiger partial charge in [-0.25, -0.2) is 4.98 Å². The maximum absolute atomic E-state index is 6.19. The van der Waals surface area contributed by atoms with E-state index in [2.05, 4.69) is 33.1 Å². The molecule has 2 aromatic carbocycles. The third kappa shape index (κ3) is 3.81. The van der Waals surface area contributed by atoms with Crippen LogP contribution >= 0.6 is 0 Å². The zero-order valence-corrected chi connectivity index (χ0v) is 16.4. The molecule has 3 rings (SSSR count). The molecular weight excluding hydrogens is 342 g/mol. The monoisotopic (exact) mass is 367 g/mol. The van der Waals surface area contributed by atoms with Gasteiger partial charge in [-0.15, -0.1) is 0 Å². The van der Waals surface area contributed by atoms with Crippen LogP contribution in [0.5, 0.6) is 11.5 Å². The van der Waals surface area contributed by atoms with E-state index < -0.39 is 0 Å². The van der Waals surface area contributed by atoms with Crippen LogP contribution in [0.3, 0.4) is 0 Å². The molecule has 0 aliphatic carbocycles. The molecule has 1 aromatic heterocycles. The lowest BCUT2D eigenvalue weighted by atomic mass is 10.2. The summed E-state index contributed by atoms with van der Waals surface area (Å²) in [5.74, 6) is 2.17. The van der Waals surface area contributed by atoms with Gasteiger partial charge in [0.1, 0.15) is 5.82 Å². The number of fused-ring (bicyclic) bond motifs is 1. The minimum atomic E-state index is 0.407. The van der Waals surface area contributed by atoms with Crippen LogP contribution in [-0.4, -0.2) is 45.3 Å². The summed E-state index contributed by atoms with van der Waals surface area (Å²) < 4.78 is 10.7. The Kier molecular flexibility index (Phi) is 5.21. The predicted octanol–water partition coefficient (Wildman–Crippen LogP) is 2.93. The summed E-state index contributed by atoms with van der Waals surface area (Å²) in [5.41, 5.74) is 9.21. The summed E-state index contributed by atoms with van der Waals surface area (Å²) in [6, 6.07) is 12.0. The van der Waals surface area contributed by atoms with Crippen molar-refractivity contribution in [2.75, 3.05) is 50.9 Å². The number of hydrogen-bond donors (Lipinski definition) is 1. The van der Waals surface area contributed by atoms with E-state index in [1.807, 2.05) is 38.2 Å². The normalized spacial score (nSPS) is 10.7. The molecule has 2 N–H and O–H groups in total. The van der Waals surface area contributed by atoms with Crippen LogP contribution in [0.15, 0.2) is 36.4 Å². The summed E-state index contributed by atoms with van der Waals surface area (Å²) in [7, 11) is 9.18. The number of rotatable bonds is 6. The van der Waals surface area contributed by atoms with Crippen molar-refractivity contribution >= 4 is 28.4 Å². The highest BCUT2D eigenvalue weighted by Crippen LogP contribution is 2.34. The zero-order chi connectivity index (χ0) is 19.6. The molecule has 142 valence electrons. The number of ether oxygens (including phenoxy) is 2. The first-order valence-corrected chi connectivity index (χ1v) is 8.59. The maximum Gasteiger partial charge on any atom is 0.227 e. The number of benzene rings is 2. The Morgan fingerprint density at radius 1 is 0.963 bits per heavy atom. The van der Waals surface area contributed by atoms with Crippen LogP contribution in [0.1, 0.15) is 5.56 Å². The standard InChI is InChI=1S/C20H25N5O2/c1-24(2)14-8-6-7-13(9-14)12-25(3)20-22-16-11-18(27-5)17(26-4)10-15(16)19(21)23-20/h6-11H,12H2,1-5H3,(H2,21,22,23). The molecule has 0 radical (unpaired) electrons. The van der Waals surface area contributed by atoms with Gasteiger partial charge >= 0.3 is 0 Å². The minimum Gasteiger partial charge on any atom is -0.493 e. The Hall–Kier alpha value is -3.22. The fourth-order valence-corrected chi connectivity index (χ4v) is 2.91. The van der Waals surface area contributed by atoms with Gasteiger partial charge in [0.15, 0.2) is 11.5 Å². The fraction of sp³-hybridized carbons (Fsp3) is 0.300. The molecule has 0 bridgehead atoms. The summed E-state index contributed by atoms with van der Waals surface area (Å²) in [4.78, 5) is 13.2. The van der Waals surface area contributed by atoms with Gasteiger partial charge in [-0.3, -0.25) is 0 Å². The van der Waals surface area contributed by atoms with Crippen molar-refractivity contribution in [1.82, 2.24) is 9.97 Å². The number of methoxy groups -OCH3 is 2. The first kappa shape index (κ1) is 18.6. The number of nitrogens with zero attached hydrogens (tertiary/aromatic N) is 4. The van der Waals surface area contributed by atoms with Crippen molar-refractivity contribution < 1.29 is 9.47 Å². The Bertz CT molecular complexity index is 959. The number of nitrogen functional groups attached to an aromatic ring is 1. The van der Waals surface area contributed by atoms with Gasteiger partial charge in [-0.05, 0) is 23.8 Å². The van der Waals surface area contributed by atoms with E-state index in [4.69, 9.17) is 15.2 Å². The molecule has 3 aromatic rings. The SMILES string of the molecule is COc1cc2nc(N(C)Cc3cccc(N(C)C)c3)nc(N)c2cc1OC. The second-order valence-electron chi connectivity index (χ2n) is 6.55. The fourth-order valence-electron chi connectivity index (χ4n) is 2.91. The van der Waals surface area contributed by atoms with E-state index in [1.165, 1.54) is 5.56 Å². The van der Waals surface area contributed by atoms with E-state index >= 15 is 0 Å². The number of nitrogens with two attached hydrogens (primary N) is 1. The molecule has 0 unspecified atom stereocenters. The average molecular weight is 367 g/mol. The molecule has 0 amide bonds. The molecular formula is C20H25N5O2. The van der Waals surface area contributed by atoms with Crippen molar-refractivity contribution in [2.45, 2.75) is 6.54 Å². The van der Waals surface area contributed by atoms with Gasteiger partial charge in [0, 0.05) is 44.8 Å². The van der Waals surface area contributed by atoms with Gasteiger partial charge < -0.3 is 25.0 Å². The van der Waals surface area contributed by atoms with Crippen molar-refractivity contribution in [3.63, 3.8) is 0 Å². The number of anilines is 3. The molecule has 0 aliphatic rings. The predicted molar refractivity (Wildman–Crippen MR) is 110 cm³/mol. The first-order valence-electron chi connectivity index (χ1n) is 8.59. The molecule has 0 aliphatic heterocycles. The van der Waals surface area contributed by atoms with Gasteiger partial charge in [0.25, 0.3) is 0 Å². The van der Waals surface area contributed by atoms with E-state index in [1.54, 1.807) is 20.3 Å². The second kappa shape index (κ2) is 7.57. The van der Waals surface area contributed by atoms with Gasteiger partial charge in [0.05, 0.1) is 19.7 Å². The van der Waals surface area contributed by atoms with Crippen LogP contribution < -0.4 is 25.0 Å². The Morgan fingerprint density at radius 3 is 2.33 bits per heavy atom. The van der Waals surface area contributed by atoms with Gasteiger partial charge in [0.2, 0.25) is 5.95 Å². The van der Waals surface area contributed by atoms with Crippen molar-refractivity contribution in [3.8, 4) is 11.5 Å². The van der Waals surface area contributed by atoms with Gasteiger partial charge in [-0.1, -0.05) is 12.1 Å². The van der Waals surface area contributed by atoms with E-state index in [0.717, 1.165) is 11.1 Å². The Morgan fingerprint density at radius 2 is 1.67 bits per heavy atom. The van der Waals surface area contributed by atoms with Crippen molar-refractivity contribution in [1.29, 1.82) is 0 Å². The highest BCUT2D eigenvalue weighted by atomic mass is 16.5. The van der Waals surface area contributed by atoms with Gasteiger partial charge in [-0.2, -0.15) is 4.98 Å². The molecule has 1 heterocycles. The molecule has 0 atom stereocenters. The molecule has 0 fully saturated rings.